The minimum absolute atomic E-state index is 1.10. The van der Waals surface area contributed by atoms with Crippen molar-refractivity contribution < 1.29 is 0 Å². The van der Waals surface area contributed by atoms with Gasteiger partial charge in [0.25, 0.3) is 0 Å². The second-order valence-corrected chi connectivity index (χ2v) is 18.0. The first-order valence-corrected chi connectivity index (χ1v) is 23.4. The van der Waals surface area contributed by atoms with Crippen LogP contribution >= 0.6 is 11.3 Å². The standard InChI is InChI=1S/C64H43NS/c1-3-11-44(12-4-1)45-19-21-46(22-20-45)48-27-34-54(35-28-48)65(56-38-31-52(32-39-56)64-42-41-63(66-64)51-13-5-2-6-14-51)55-36-29-49(30-37-55)47-23-25-50(26-24-47)53-33-40-61-59-17-8-7-15-57(59)58-16-9-10-18-60(58)62(61)43-53/h1-43H. The number of anilines is 3. The van der Waals surface area contributed by atoms with E-state index in [1.807, 2.05) is 11.3 Å². The Hall–Kier alpha value is -8.30. The van der Waals surface area contributed by atoms with Crippen molar-refractivity contribution in [3.63, 3.8) is 0 Å². The van der Waals surface area contributed by atoms with Gasteiger partial charge in [-0.25, -0.2) is 0 Å². The molecule has 0 fully saturated rings. The molecule has 1 aromatic heterocycles. The van der Waals surface area contributed by atoms with E-state index in [1.165, 1.54) is 97.7 Å². The third kappa shape index (κ3) is 7.44. The molecule has 0 aliphatic rings. The summed E-state index contributed by atoms with van der Waals surface area (Å²) in [4.78, 5) is 4.89. The van der Waals surface area contributed by atoms with Gasteiger partial charge < -0.3 is 4.90 Å². The Labute approximate surface area is 389 Å². The number of hydrogen-bond donors (Lipinski definition) is 0. The van der Waals surface area contributed by atoms with Gasteiger partial charge in [0.2, 0.25) is 0 Å². The number of fused-ring (bicyclic) bond motifs is 6. The topological polar surface area (TPSA) is 3.24 Å². The van der Waals surface area contributed by atoms with Crippen LogP contribution in [0.3, 0.4) is 0 Å². The van der Waals surface area contributed by atoms with E-state index < -0.39 is 0 Å². The number of hydrogen-bond acceptors (Lipinski definition) is 2. The summed E-state index contributed by atoms with van der Waals surface area (Å²) in [6, 6.07) is 95.0. The van der Waals surface area contributed by atoms with Crippen LogP contribution in [-0.2, 0) is 0 Å². The molecule has 12 aromatic rings. The first-order chi connectivity index (χ1) is 32.7. The van der Waals surface area contributed by atoms with Crippen molar-refractivity contribution in [1.82, 2.24) is 0 Å². The van der Waals surface area contributed by atoms with Crippen LogP contribution in [0.1, 0.15) is 0 Å². The number of thiophene rings is 1. The van der Waals surface area contributed by atoms with Gasteiger partial charge in [0.1, 0.15) is 0 Å². The number of benzene rings is 11. The largest absolute Gasteiger partial charge is 0.311 e. The minimum Gasteiger partial charge on any atom is -0.311 e. The molecule has 0 aliphatic carbocycles. The van der Waals surface area contributed by atoms with E-state index in [0.29, 0.717) is 0 Å². The van der Waals surface area contributed by atoms with Gasteiger partial charge in [-0.3, -0.25) is 0 Å². The molecule has 0 saturated heterocycles. The molecule has 1 nitrogen and oxygen atoms in total. The smallest absolute Gasteiger partial charge is 0.0462 e. The molecular weight excluding hydrogens is 815 g/mol. The Bertz CT molecular complexity index is 3590. The Morgan fingerprint density at radius 1 is 0.197 bits per heavy atom. The molecule has 0 atom stereocenters. The van der Waals surface area contributed by atoms with Crippen molar-refractivity contribution >= 4 is 60.7 Å². The van der Waals surface area contributed by atoms with Crippen molar-refractivity contribution in [3.8, 4) is 65.4 Å². The summed E-state index contributed by atoms with van der Waals surface area (Å²) in [5.41, 5.74) is 15.4. The molecule has 0 N–H and O–H groups in total. The highest BCUT2D eigenvalue weighted by atomic mass is 32.1. The van der Waals surface area contributed by atoms with Gasteiger partial charge >= 0.3 is 0 Å². The maximum absolute atomic E-state index is 2.37. The molecule has 66 heavy (non-hydrogen) atoms. The molecular formula is C64H43NS. The van der Waals surface area contributed by atoms with E-state index in [2.05, 4.69) is 266 Å². The Kier molecular flexibility index (Phi) is 10.1. The van der Waals surface area contributed by atoms with Gasteiger partial charge in [0, 0.05) is 26.8 Å². The molecule has 0 saturated carbocycles. The summed E-state index contributed by atoms with van der Waals surface area (Å²) in [6.45, 7) is 0. The van der Waals surface area contributed by atoms with Crippen molar-refractivity contribution in [2.75, 3.05) is 4.90 Å². The van der Waals surface area contributed by atoms with E-state index in [0.717, 1.165) is 17.1 Å². The molecule has 0 amide bonds. The van der Waals surface area contributed by atoms with Crippen LogP contribution < -0.4 is 4.90 Å². The Morgan fingerprint density at radius 2 is 0.470 bits per heavy atom. The van der Waals surface area contributed by atoms with E-state index >= 15 is 0 Å². The monoisotopic (exact) mass is 857 g/mol. The second-order valence-electron chi connectivity index (χ2n) is 16.9. The SMILES string of the molecule is c1ccc(-c2ccc(-c3ccc(N(c4ccc(-c5ccc(-c6ccc7c8ccccc8c8ccccc8c7c6)cc5)cc4)c4ccc(-c5ccc(-c6ccccc6)s5)cc4)cc3)cc2)cc1. The number of nitrogens with zero attached hydrogens (tertiary/aromatic N) is 1. The van der Waals surface area contributed by atoms with Gasteiger partial charge in [-0.1, -0.05) is 206 Å². The average Bonchev–Trinajstić information content (AvgIpc) is 3.91. The first kappa shape index (κ1) is 39.3. The zero-order valence-electron chi connectivity index (χ0n) is 36.2. The van der Waals surface area contributed by atoms with Crippen LogP contribution in [0.4, 0.5) is 17.1 Å². The highest BCUT2D eigenvalue weighted by Gasteiger charge is 2.16. The zero-order chi connectivity index (χ0) is 43.8. The maximum Gasteiger partial charge on any atom is 0.0462 e. The fourth-order valence-corrected chi connectivity index (χ4v) is 10.5. The van der Waals surface area contributed by atoms with Crippen LogP contribution in [0.5, 0.6) is 0 Å². The van der Waals surface area contributed by atoms with E-state index in [-0.39, 0.29) is 0 Å². The molecule has 12 rings (SSSR count). The summed E-state index contributed by atoms with van der Waals surface area (Å²) in [5, 5.41) is 7.77. The summed E-state index contributed by atoms with van der Waals surface area (Å²) in [5.74, 6) is 0. The number of rotatable bonds is 9. The van der Waals surface area contributed by atoms with Crippen molar-refractivity contribution in [3.05, 3.63) is 261 Å². The van der Waals surface area contributed by atoms with E-state index in [4.69, 9.17) is 0 Å². The molecule has 1 heterocycles. The zero-order valence-corrected chi connectivity index (χ0v) is 37.0. The van der Waals surface area contributed by atoms with Gasteiger partial charge in [0.15, 0.2) is 0 Å². The molecule has 0 aliphatic heterocycles. The summed E-state index contributed by atoms with van der Waals surface area (Å²) in [6.07, 6.45) is 0. The summed E-state index contributed by atoms with van der Waals surface area (Å²) >= 11 is 1.83. The van der Waals surface area contributed by atoms with E-state index in [9.17, 15) is 0 Å². The molecule has 2 heteroatoms. The normalized spacial score (nSPS) is 11.3. The third-order valence-electron chi connectivity index (χ3n) is 12.9. The Morgan fingerprint density at radius 3 is 0.894 bits per heavy atom. The first-order valence-electron chi connectivity index (χ1n) is 22.6. The van der Waals surface area contributed by atoms with E-state index in [1.54, 1.807) is 0 Å². The van der Waals surface area contributed by atoms with Crippen LogP contribution in [-0.4, -0.2) is 0 Å². The highest BCUT2D eigenvalue weighted by Crippen LogP contribution is 2.41. The fraction of sp³-hybridized carbons (Fsp3) is 0. The highest BCUT2D eigenvalue weighted by molar-refractivity contribution is 7.18. The molecule has 0 unspecified atom stereocenters. The molecule has 0 radical (unpaired) electrons. The predicted molar refractivity (Wildman–Crippen MR) is 284 cm³/mol. The summed E-state index contributed by atoms with van der Waals surface area (Å²) < 4.78 is 0. The van der Waals surface area contributed by atoms with Crippen LogP contribution in [0.15, 0.2) is 261 Å². The van der Waals surface area contributed by atoms with Crippen molar-refractivity contribution in [2.24, 2.45) is 0 Å². The molecule has 0 spiro atoms. The second kappa shape index (κ2) is 17.0. The van der Waals surface area contributed by atoms with Crippen molar-refractivity contribution in [2.45, 2.75) is 0 Å². The van der Waals surface area contributed by atoms with Gasteiger partial charge in [-0.2, -0.15) is 0 Å². The van der Waals surface area contributed by atoms with Gasteiger partial charge in [0.05, 0.1) is 0 Å². The Balaban J connectivity index is 0.850. The lowest BCUT2D eigenvalue weighted by molar-refractivity contribution is 1.28. The summed E-state index contributed by atoms with van der Waals surface area (Å²) in [7, 11) is 0. The molecule has 310 valence electrons. The average molecular weight is 858 g/mol. The fourth-order valence-electron chi connectivity index (χ4n) is 9.51. The minimum atomic E-state index is 1.10. The molecule has 11 aromatic carbocycles. The lowest BCUT2D eigenvalue weighted by Crippen LogP contribution is -2.09. The molecule has 0 bridgehead atoms. The van der Waals surface area contributed by atoms with Gasteiger partial charge in [-0.05, 0) is 143 Å². The van der Waals surface area contributed by atoms with Crippen molar-refractivity contribution in [1.29, 1.82) is 0 Å². The lowest BCUT2D eigenvalue weighted by Gasteiger charge is -2.26. The van der Waals surface area contributed by atoms with Gasteiger partial charge in [-0.15, -0.1) is 11.3 Å². The quantitative estimate of drug-likeness (QED) is 0.131. The van der Waals surface area contributed by atoms with Crippen LogP contribution in [0, 0.1) is 0 Å². The van der Waals surface area contributed by atoms with Crippen LogP contribution in [0.2, 0.25) is 0 Å². The van der Waals surface area contributed by atoms with Crippen LogP contribution in [0.25, 0.3) is 97.7 Å². The third-order valence-corrected chi connectivity index (χ3v) is 14.1. The predicted octanol–water partition coefficient (Wildman–Crippen LogP) is 18.7. The lowest BCUT2D eigenvalue weighted by atomic mass is 9.92. The maximum atomic E-state index is 2.37.